The molecule has 0 aromatic heterocycles. The molecule has 0 radical (unpaired) electrons. The maximum Gasteiger partial charge on any atom is 0.411 e. The van der Waals surface area contributed by atoms with E-state index in [9.17, 15) is 14.0 Å². The molecule has 132 valence electrons. The molecule has 25 heavy (non-hydrogen) atoms. The van der Waals surface area contributed by atoms with Gasteiger partial charge in [0.2, 0.25) is 0 Å². The number of ether oxygens (including phenoxy) is 2. The Hall–Kier alpha value is -3.09. The Morgan fingerprint density at radius 3 is 2.44 bits per heavy atom. The van der Waals surface area contributed by atoms with Gasteiger partial charge < -0.3 is 14.8 Å². The SMILES string of the molecule is CCOC(=O)Nc1cccc(NC(=O)c2cc(F)ccc2OC)c1C. The van der Waals surface area contributed by atoms with Crippen LogP contribution in [0.1, 0.15) is 22.8 Å². The average Bonchev–Trinajstić information content (AvgIpc) is 2.58. The van der Waals surface area contributed by atoms with E-state index in [0.29, 0.717) is 16.9 Å². The summed E-state index contributed by atoms with van der Waals surface area (Å²) >= 11 is 0. The summed E-state index contributed by atoms with van der Waals surface area (Å²) in [6.07, 6.45) is -0.583. The van der Waals surface area contributed by atoms with Gasteiger partial charge >= 0.3 is 6.09 Å². The summed E-state index contributed by atoms with van der Waals surface area (Å²) in [7, 11) is 1.40. The minimum Gasteiger partial charge on any atom is -0.496 e. The van der Waals surface area contributed by atoms with E-state index >= 15 is 0 Å². The van der Waals surface area contributed by atoms with Crippen molar-refractivity contribution in [2.75, 3.05) is 24.4 Å². The summed E-state index contributed by atoms with van der Waals surface area (Å²) in [5.41, 5.74) is 1.69. The third-order valence-corrected chi connectivity index (χ3v) is 3.50. The standard InChI is InChI=1S/C18H19FN2O4/c1-4-25-18(23)21-15-7-5-6-14(11(15)2)20-17(22)13-10-12(19)8-9-16(13)24-3/h5-10H,4H2,1-3H3,(H,20,22)(H,21,23). The first-order valence-electron chi connectivity index (χ1n) is 7.64. The number of carbonyl (C=O) groups is 2. The topological polar surface area (TPSA) is 76.7 Å². The molecule has 0 saturated carbocycles. The van der Waals surface area contributed by atoms with Crippen molar-refractivity contribution in [2.45, 2.75) is 13.8 Å². The zero-order valence-electron chi connectivity index (χ0n) is 14.2. The van der Waals surface area contributed by atoms with Crippen molar-refractivity contribution in [3.05, 3.63) is 53.3 Å². The van der Waals surface area contributed by atoms with Crippen molar-refractivity contribution < 1.29 is 23.5 Å². The van der Waals surface area contributed by atoms with Gasteiger partial charge in [-0.2, -0.15) is 0 Å². The first-order chi connectivity index (χ1) is 12.0. The van der Waals surface area contributed by atoms with Crippen LogP contribution >= 0.6 is 0 Å². The van der Waals surface area contributed by atoms with Crippen LogP contribution < -0.4 is 15.4 Å². The lowest BCUT2D eigenvalue weighted by Crippen LogP contribution is -2.17. The summed E-state index contributed by atoms with van der Waals surface area (Å²) in [5.74, 6) is -0.800. The largest absolute Gasteiger partial charge is 0.496 e. The summed E-state index contributed by atoms with van der Waals surface area (Å²) in [6, 6.07) is 8.73. The lowest BCUT2D eigenvalue weighted by molar-refractivity contribution is 0.102. The van der Waals surface area contributed by atoms with Crippen LogP contribution in [0.25, 0.3) is 0 Å². The smallest absolute Gasteiger partial charge is 0.411 e. The molecule has 0 aliphatic rings. The molecule has 2 N–H and O–H groups in total. The molecular weight excluding hydrogens is 327 g/mol. The van der Waals surface area contributed by atoms with Gasteiger partial charge in [-0.3, -0.25) is 10.1 Å². The Labute approximate surface area is 144 Å². The van der Waals surface area contributed by atoms with Gasteiger partial charge in [0.15, 0.2) is 0 Å². The lowest BCUT2D eigenvalue weighted by Gasteiger charge is -2.14. The fourth-order valence-electron chi connectivity index (χ4n) is 2.23. The molecule has 7 heteroatoms. The van der Waals surface area contributed by atoms with Gasteiger partial charge in [-0.15, -0.1) is 0 Å². The summed E-state index contributed by atoms with van der Waals surface area (Å²) in [5, 5.41) is 5.30. The number of halogens is 1. The molecule has 2 rings (SSSR count). The lowest BCUT2D eigenvalue weighted by atomic mass is 10.1. The van der Waals surface area contributed by atoms with Crippen molar-refractivity contribution in [2.24, 2.45) is 0 Å². The van der Waals surface area contributed by atoms with Crippen LogP contribution in [0.3, 0.4) is 0 Å². The molecular formula is C18H19FN2O4. The molecule has 0 atom stereocenters. The minimum atomic E-state index is -0.583. The first-order valence-corrected chi connectivity index (χ1v) is 7.64. The zero-order chi connectivity index (χ0) is 18.4. The van der Waals surface area contributed by atoms with Gasteiger partial charge in [0.05, 0.1) is 19.3 Å². The van der Waals surface area contributed by atoms with E-state index in [1.54, 1.807) is 32.0 Å². The van der Waals surface area contributed by atoms with Gasteiger partial charge in [0.1, 0.15) is 11.6 Å². The Bertz CT molecular complexity index is 793. The monoisotopic (exact) mass is 346 g/mol. The minimum absolute atomic E-state index is 0.0747. The van der Waals surface area contributed by atoms with E-state index < -0.39 is 17.8 Å². The van der Waals surface area contributed by atoms with Crippen LogP contribution in [0.15, 0.2) is 36.4 Å². The van der Waals surface area contributed by atoms with Gasteiger partial charge in [-0.25, -0.2) is 9.18 Å². The molecule has 0 aliphatic carbocycles. The van der Waals surface area contributed by atoms with Crippen LogP contribution in [-0.4, -0.2) is 25.7 Å². The number of benzene rings is 2. The molecule has 0 heterocycles. The number of amides is 2. The van der Waals surface area contributed by atoms with Crippen molar-refractivity contribution >= 4 is 23.4 Å². The highest BCUT2D eigenvalue weighted by Crippen LogP contribution is 2.26. The Balaban J connectivity index is 2.24. The molecule has 0 aliphatic heterocycles. The second-order valence-corrected chi connectivity index (χ2v) is 5.12. The summed E-state index contributed by atoms with van der Waals surface area (Å²) in [6.45, 7) is 3.69. The van der Waals surface area contributed by atoms with Crippen LogP contribution in [0, 0.1) is 12.7 Å². The van der Waals surface area contributed by atoms with Crippen LogP contribution in [0.2, 0.25) is 0 Å². The van der Waals surface area contributed by atoms with E-state index in [4.69, 9.17) is 9.47 Å². The molecule has 2 amide bonds. The van der Waals surface area contributed by atoms with E-state index in [0.717, 1.165) is 6.07 Å². The molecule has 0 bridgehead atoms. The first kappa shape index (κ1) is 18.3. The van der Waals surface area contributed by atoms with Crippen LogP contribution in [0.4, 0.5) is 20.6 Å². The quantitative estimate of drug-likeness (QED) is 0.859. The van der Waals surface area contributed by atoms with Crippen molar-refractivity contribution in [1.82, 2.24) is 0 Å². The second-order valence-electron chi connectivity index (χ2n) is 5.12. The Morgan fingerprint density at radius 1 is 1.12 bits per heavy atom. The highest BCUT2D eigenvalue weighted by Gasteiger charge is 2.16. The third kappa shape index (κ3) is 4.47. The predicted octanol–water partition coefficient (Wildman–Crippen LogP) is 3.96. The number of hydrogen-bond donors (Lipinski definition) is 2. The molecule has 2 aromatic rings. The highest BCUT2D eigenvalue weighted by atomic mass is 19.1. The molecule has 0 spiro atoms. The van der Waals surface area contributed by atoms with Gasteiger partial charge in [-0.05, 0) is 49.7 Å². The number of rotatable bonds is 5. The zero-order valence-corrected chi connectivity index (χ0v) is 14.2. The maximum atomic E-state index is 13.4. The fraction of sp³-hybridized carbons (Fsp3) is 0.222. The fourth-order valence-corrected chi connectivity index (χ4v) is 2.23. The molecule has 0 fully saturated rings. The van der Waals surface area contributed by atoms with E-state index in [-0.39, 0.29) is 17.9 Å². The normalized spacial score (nSPS) is 10.1. The van der Waals surface area contributed by atoms with E-state index in [2.05, 4.69) is 10.6 Å². The highest BCUT2D eigenvalue weighted by molar-refractivity contribution is 6.07. The third-order valence-electron chi connectivity index (χ3n) is 3.50. The van der Waals surface area contributed by atoms with Crippen LogP contribution in [-0.2, 0) is 4.74 Å². The molecule has 6 nitrogen and oxygen atoms in total. The van der Waals surface area contributed by atoms with Crippen LogP contribution in [0.5, 0.6) is 5.75 Å². The number of methoxy groups -OCH3 is 1. The maximum absolute atomic E-state index is 13.4. The van der Waals surface area contributed by atoms with Crippen molar-refractivity contribution in [1.29, 1.82) is 0 Å². The molecule has 0 saturated heterocycles. The molecule has 0 unspecified atom stereocenters. The number of nitrogens with one attached hydrogen (secondary N) is 2. The number of hydrogen-bond acceptors (Lipinski definition) is 4. The number of carbonyl (C=O) groups excluding carboxylic acids is 2. The van der Waals surface area contributed by atoms with E-state index in [1.165, 1.54) is 19.2 Å². The predicted molar refractivity (Wildman–Crippen MR) is 92.7 cm³/mol. The second kappa shape index (κ2) is 8.14. The summed E-state index contributed by atoms with van der Waals surface area (Å²) < 4.78 is 23.4. The molecule has 2 aromatic carbocycles. The number of anilines is 2. The Kier molecular flexibility index (Phi) is 5.94. The summed E-state index contributed by atoms with van der Waals surface area (Å²) in [4.78, 5) is 24.0. The van der Waals surface area contributed by atoms with Crippen molar-refractivity contribution in [3.63, 3.8) is 0 Å². The van der Waals surface area contributed by atoms with E-state index in [1.807, 2.05) is 0 Å². The van der Waals surface area contributed by atoms with Gasteiger partial charge in [-0.1, -0.05) is 6.07 Å². The van der Waals surface area contributed by atoms with Gasteiger partial charge in [0, 0.05) is 11.4 Å². The van der Waals surface area contributed by atoms with Gasteiger partial charge in [0.25, 0.3) is 5.91 Å². The average molecular weight is 346 g/mol. The Morgan fingerprint density at radius 2 is 1.80 bits per heavy atom. The van der Waals surface area contributed by atoms with Crippen molar-refractivity contribution in [3.8, 4) is 5.75 Å².